The number of benzene rings is 2. The highest BCUT2D eigenvalue weighted by Gasteiger charge is 2.12. The minimum atomic E-state index is 0.711. The summed E-state index contributed by atoms with van der Waals surface area (Å²) in [6.07, 6.45) is 3.70. The van der Waals surface area contributed by atoms with Crippen LogP contribution in [-0.2, 0) is 0 Å². The number of fused-ring (bicyclic) bond motifs is 4. The third kappa shape index (κ3) is 1.98. The van der Waals surface area contributed by atoms with Crippen LogP contribution in [0.1, 0.15) is 0 Å². The minimum Gasteiger partial charge on any atom is -0.337 e. The van der Waals surface area contributed by atoms with E-state index in [-0.39, 0.29) is 0 Å². The molecule has 3 aromatic heterocycles. The van der Waals surface area contributed by atoms with Gasteiger partial charge in [0.2, 0.25) is 0 Å². The summed E-state index contributed by atoms with van der Waals surface area (Å²) in [5, 5.41) is 21.0. The van der Waals surface area contributed by atoms with Crippen LogP contribution in [0.3, 0.4) is 0 Å². The van der Waals surface area contributed by atoms with Crippen molar-refractivity contribution in [2.45, 2.75) is 0 Å². The number of nitrogens with one attached hydrogen (secondary N) is 3. The average molecular weight is 379 g/mol. The van der Waals surface area contributed by atoms with E-state index in [1.54, 1.807) is 6.20 Å². The highest BCUT2D eigenvalue weighted by Crippen LogP contribution is 2.32. The SMILES string of the molecule is Brc1ccc2nc(Nc3cccc4cn[nH]c34)c3n[nH]cc3c2c1. The number of aromatic amines is 2. The predicted octanol–water partition coefficient (Wildman–Crippen LogP) is 4.49. The molecule has 2 aromatic carbocycles. The Hall–Kier alpha value is -2.93. The molecule has 0 fully saturated rings. The van der Waals surface area contributed by atoms with Gasteiger partial charge in [-0.2, -0.15) is 10.2 Å². The Bertz CT molecular complexity index is 1210. The minimum absolute atomic E-state index is 0.711. The fourth-order valence-corrected chi connectivity index (χ4v) is 3.32. The van der Waals surface area contributed by atoms with Gasteiger partial charge in [-0.25, -0.2) is 4.98 Å². The third-order valence-corrected chi connectivity index (χ3v) is 4.57. The van der Waals surface area contributed by atoms with E-state index < -0.39 is 0 Å². The zero-order chi connectivity index (χ0) is 16.1. The maximum Gasteiger partial charge on any atom is 0.159 e. The molecule has 7 heteroatoms. The molecule has 6 nitrogen and oxygen atoms in total. The normalized spacial score (nSPS) is 11.5. The largest absolute Gasteiger partial charge is 0.337 e. The molecule has 3 N–H and O–H groups in total. The standard InChI is InChI=1S/C17H11BrN6/c18-10-4-5-13-11(6-10)12-8-20-24-16(12)17(21-13)22-14-3-1-2-9-7-19-23-15(9)14/h1-8H,(H,19,23)(H,20,24)(H,21,22). The van der Waals surface area contributed by atoms with Crippen molar-refractivity contribution in [3.05, 3.63) is 53.3 Å². The highest BCUT2D eigenvalue weighted by molar-refractivity contribution is 9.10. The molecule has 24 heavy (non-hydrogen) atoms. The quantitative estimate of drug-likeness (QED) is 0.422. The van der Waals surface area contributed by atoms with Crippen LogP contribution in [-0.4, -0.2) is 25.4 Å². The molecule has 0 aliphatic carbocycles. The second-order valence-electron chi connectivity index (χ2n) is 5.53. The van der Waals surface area contributed by atoms with Crippen molar-refractivity contribution < 1.29 is 0 Å². The molecule has 0 aliphatic rings. The van der Waals surface area contributed by atoms with Gasteiger partial charge in [0.1, 0.15) is 5.52 Å². The van der Waals surface area contributed by atoms with Crippen LogP contribution in [0.25, 0.3) is 32.7 Å². The van der Waals surface area contributed by atoms with E-state index in [0.717, 1.165) is 42.9 Å². The molecule has 116 valence electrons. The molecule has 0 unspecified atom stereocenters. The second kappa shape index (κ2) is 5.04. The molecule has 0 atom stereocenters. The molecule has 0 amide bonds. The van der Waals surface area contributed by atoms with Gasteiger partial charge in [0.15, 0.2) is 5.82 Å². The summed E-state index contributed by atoms with van der Waals surface area (Å²) in [6, 6.07) is 12.0. The first-order valence-electron chi connectivity index (χ1n) is 7.41. The number of rotatable bonds is 2. The highest BCUT2D eigenvalue weighted by atomic mass is 79.9. The lowest BCUT2D eigenvalue weighted by molar-refractivity contribution is 1.11. The lowest BCUT2D eigenvalue weighted by Gasteiger charge is -2.09. The summed E-state index contributed by atoms with van der Waals surface area (Å²) in [4.78, 5) is 4.75. The second-order valence-corrected chi connectivity index (χ2v) is 6.45. The number of halogens is 1. The number of anilines is 2. The van der Waals surface area contributed by atoms with Crippen LogP contribution in [0, 0.1) is 0 Å². The van der Waals surface area contributed by atoms with Gasteiger partial charge >= 0.3 is 0 Å². The smallest absolute Gasteiger partial charge is 0.159 e. The zero-order valence-electron chi connectivity index (χ0n) is 12.3. The Kier molecular flexibility index (Phi) is 2.83. The van der Waals surface area contributed by atoms with E-state index in [1.807, 2.05) is 36.5 Å². The molecule has 5 aromatic rings. The van der Waals surface area contributed by atoms with Gasteiger partial charge in [0, 0.05) is 26.8 Å². The summed E-state index contributed by atoms with van der Waals surface area (Å²) in [6.45, 7) is 0. The van der Waals surface area contributed by atoms with Gasteiger partial charge in [0.05, 0.1) is 22.9 Å². The molecule has 0 bridgehead atoms. The first kappa shape index (κ1) is 13.5. The van der Waals surface area contributed by atoms with Gasteiger partial charge in [-0.1, -0.05) is 28.1 Å². The van der Waals surface area contributed by atoms with Gasteiger partial charge in [-0.05, 0) is 24.3 Å². The summed E-state index contributed by atoms with van der Waals surface area (Å²) < 4.78 is 1.02. The summed E-state index contributed by atoms with van der Waals surface area (Å²) in [5.41, 5.74) is 3.57. The monoisotopic (exact) mass is 378 g/mol. The number of pyridine rings is 1. The maximum absolute atomic E-state index is 4.75. The molecule has 0 radical (unpaired) electrons. The van der Waals surface area contributed by atoms with Crippen molar-refractivity contribution in [1.82, 2.24) is 25.4 Å². The Morgan fingerprint density at radius 3 is 3.00 bits per heavy atom. The van der Waals surface area contributed by atoms with E-state index in [1.165, 1.54) is 0 Å². The van der Waals surface area contributed by atoms with Crippen LogP contribution >= 0.6 is 15.9 Å². The molecule has 5 rings (SSSR count). The van der Waals surface area contributed by atoms with E-state index in [2.05, 4.69) is 47.7 Å². The van der Waals surface area contributed by atoms with Crippen molar-refractivity contribution >= 4 is 60.1 Å². The van der Waals surface area contributed by atoms with Crippen LogP contribution < -0.4 is 5.32 Å². The molecule has 0 saturated heterocycles. The lowest BCUT2D eigenvalue weighted by Crippen LogP contribution is -1.97. The Labute approximate surface area is 144 Å². The van der Waals surface area contributed by atoms with E-state index >= 15 is 0 Å². The molecule has 0 saturated carbocycles. The van der Waals surface area contributed by atoms with Crippen LogP contribution in [0.4, 0.5) is 11.5 Å². The number of aromatic nitrogens is 5. The van der Waals surface area contributed by atoms with Crippen molar-refractivity contribution in [2.24, 2.45) is 0 Å². The third-order valence-electron chi connectivity index (χ3n) is 4.08. The van der Waals surface area contributed by atoms with Gasteiger partial charge in [-0.3, -0.25) is 10.2 Å². The average Bonchev–Trinajstić information content (AvgIpc) is 3.25. The summed E-state index contributed by atoms with van der Waals surface area (Å²) in [7, 11) is 0. The van der Waals surface area contributed by atoms with Crippen molar-refractivity contribution in [3.63, 3.8) is 0 Å². The van der Waals surface area contributed by atoms with E-state index in [0.29, 0.717) is 5.82 Å². The van der Waals surface area contributed by atoms with Crippen molar-refractivity contribution in [3.8, 4) is 0 Å². The number of hydrogen-bond acceptors (Lipinski definition) is 4. The predicted molar refractivity (Wildman–Crippen MR) is 98.5 cm³/mol. The first-order chi connectivity index (χ1) is 11.8. The van der Waals surface area contributed by atoms with Crippen molar-refractivity contribution in [2.75, 3.05) is 5.32 Å². The number of H-pyrrole nitrogens is 2. The Morgan fingerprint density at radius 2 is 2.04 bits per heavy atom. The van der Waals surface area contributed by atoms with Crippen molar-refractivity contribution in [1.29, 1.82) is 0 Å². The molecule has 0 aliphatic heterocycles. The Balaban J connectivity index is 1.75. The van der Waals surface area contributed by atoms with E-state index in [9.17, 15) is 0 Å². The fourth-order valence-electron chi connectivity index (χ4n) is 2.96. The summed E-state index contributed by atoms with van der Waals surface area (Å²) >= 11 is 3.52. The molecular weight excluding hydrogens is 368 g/mol. The number of hydrogen-bond donors (Lipinski definition) is 3. The van der Waals surface area contributed by atoms with Gasteiger partial charge < -0.3 is 5.32 Å². The van der Waals surface area contributed by atoms with Gasteiger partial charge in [0.25, 0.3) is 0 Å². The molecule has 0 spiro atoms. The maximum atomic E-state index is 4.75. The number of para-hydroxylation sites is 1. The van der Waals surface area contributed by atoms with Crippen LogP contribution in [0.2, 0.25) is 0 Å². The topological polar surface area (TPSA) is 82.3 Å². The van der Waals surface area contributed by atoms with E-state index in [4.69, 9.17) is 4.98 Å². The van der Waals surface area contributed by atoms with Crippen LogP contribution in [0.5, 0.6) is 0 Å². The molecule has 3 heterocycles. The summed E-state index contributed by atoms with van der Waals surface area (Å²) in [5.74, 6) is 0.711. The van der Waals surface area contributed by atoms with Crippen LogP contribution in [0.15, 0.2) is 53.3 Å². The number of nitrogens with zero attached hydrogens (tertiary/aromatic N) is 3. The fraction of sp³-hybridized carbons (Fsp3) is 0. The Morgan fingerprint density at radius 1 is 1.08 bits per heavy atom. The first-order valence-corrected chi connectivity index (χ1v) is 8.21. The van der Waals surface area contributed by atoms with Gasteiger partial charge in [-0.15, -0.1) is 0 Å². The molecular formula is C17H11BrN6. The lowest BCUT2D eigenvalue weighted by atomic mass is 10.1. The zero-order valence-corrected chi connectivity index (χ0v) is 13.9.